The molecule has 0 saturated carbocycles. The Bertz CT molecular complexity index is 353. The third kappa shape index (κ3) is 3.77. The van der Waals surface area contributed by atoms with Crippen molar-refractivity contribution in [2.45, 2.75) is 26.7 Å². The summed E-state index contributed by atoms with van der Waals surface area (Å²) in [5, 5.41) is 3.06. The molecule has 88 valence electrons. The monoisotopic (exact) mass is 241 g/mol. The summed E-state index contributed by atoms with van der Waals surface area (Å²) in [5.74, 6) is 0.290. The van der Waals surface area contributed by atoms with Crippen LogP contribution in [0.4, 0.5) is 0 Å². The van der Waals surface area contributed by atoms with E-state index in [9.17, 15) is 4.79 Å². The molecule has 0 unspecified atom stereocenters. The van der Waals surface area contributed by atoms with E-state index in [-0.39, 0.29) is 16.8 Å². The Labute approximate surface area is 100 Å². The Morgan fingerprint density at radius 1 is 1.44 bits per heavy atom. The van der Waals surface area contributed by atoms with Crippen molar-refractivity contribution < 1.29 is 4.79 Å². The first kappa shape index (κ1) is 12.9. The zero-order chi connectivity index (χ0) is 12.0. The summed E-state index contributed by atoms with van der Waals surface area (Å²) in [5.41, 5.74) is 0.262. The minimum atomic E-state index is -0.220. The van der Waals surface area contributed by atoms with Crippen LogP contribution in [-0.2, 0) is 0 Å². The van der Waals surface area contributed by atoms with E-state index in [1.807, 2.05) is 0 Å². The number of hydrogen-bond acceptors (Lipinski definition) is 3. The predicted molar refractivity (Wildman–Crippen MR) is 63.4 cm³/mol. The van der Waals surface area contributed by atoms with Crippen molar-refractivity contribution in [1.29, 1.82) is 0 Å². The molecule has 0 aliphatic heterocycles. The van der Waals surface area contributed by atoms with Crippen molar-refractivity contribution in [2.75, 3.05) is 6.54 Å². The molecule has 0 fully saturated rings. The Morgan fingerprint density at radius 2 is 2.12 bits per heavy atom. The number of halogens is 1. The number of carbonyl (C=O) groups is 1. The summed E-state index contributed by atoms with van der Waals surface area (Å²) < 4.78 is 0. The Kier molecular flexibility index (Phi) is 5.19. The van der Waals surface area contributed by atoms with Crippen LogP contribution in [0.25, 0.3) is 0 Å². The van der Waals surface area contributed by atoms with Gasteiger partial charge in [0.25, 0.3) is 5.91 Å². The Morgan fingerprint density at radius 3 is 2.69 bits per heavy atom. The predicted octanol–water partition coefficient (Wildman–Crippen LogP) is 2.30. The van der Waals surface area contributed by atoms with Gasteiger partial charge in [-0.25, -0.2) is 4.98 Å². The van der Waals surface area contributed by atoms with Crippen LogP contribution in [0.3, 0.4) is 0 Å². The van der Waals surface area contributed by atoms with Gasteiger partial charge in [0.15, 0.2) is 0 Å². The van der Waals surface area contributed by atoms with E-state index in [0.717, 1.165) is 12.8 Å². The van der Waals surface area contributed by atoms with Gasteiger partial charge in [0.2, 0.25) is 0 Å². The second kappa shape index (κ2) is 6.43. The SMILES string of the molecule is CCC(CC)CNC(=O)c1cncc(Cl)n1. The average molecular weight is 242 g/mol. The number of rotatable bonds is 5. The second-order valence-corrected chi connectivity index (χ2v) is 4.01. The zero-order valence-corrected chi connectivity index (χ0v) is 10.3. The third-order valence-electron chi connectivity index (χ3n) is 2.54. The van der Waals surface area contributed by atoms with E-state index in [4.69, 9.17) is 11.6 Å². The molecule has 1 aromatic heterocycles. The number of hydrogen-bond donors (Lipinski definition) is 1. The average Bonchev–Trinajstić information content (AvgIpc) is 2.30. The molecule has 0 saturated heterocycles. The van der Waals surface area contributed by atoms with Gasteiger partial charge >= 0.3 is 0 Å². The summed E-state index contributed by atoms with van der Waals surface area (Å²) in [6.07, 6.45) is 4.92. The maximum atomic E-state index is 11.7. The first-order chi connectivity index (χ1) is 7.67. The molecule has 5 heteroatoms. The summed E-state index contributed by atoms with van der Waals surface area (Å²) in [6.45, 7) is 4.89. The van der Waals surface area contributed by atoms with Gasteiger partial charge < -0.3 is 5.32 Å². The number of nitrogens with zero attached hydrogens (tertiary/aromatic N) is 2. The second-order valence-electron chi connectivity index (χ2n) is 3.62. The van der Waals surface area contributed by atoms with Crippen LogP contribution in [0.1, 0.15) is 37.2 Å². The van der Waals surface area contributed by atoms with Gasteiger partial charge in [-0.3, -0.25) is 9.78 Å². The molecule has 16 heavy (non-hydrogen) atoms. The fourth-order valence-electron chi connectivity index (χ4n) is 1.36. The molecule has 1 aromatic rings. The van der Waals surface area contributed by atoms with Crippen LogP contribution in [0.15, 0.2) is 12.4 Å². The molecule has 0 bridgehead atoms. The molecule has 0 radical (unpaired) electrons. The van der Waals surface area contributed by atoms with Gasteiger partial charge in [0.1, 0.15) is 10.8 Å². The van der Waals surface area contributed by atoms with Crippen molar-refractivity contribution in [3.8, 4) is 0 Å². The number of amides is 1. The normalized spacial score (nSPS) is 10.5. The van der Waals surface area contributed by atoms with Gasteiger partial charge in [-0.15, -0.1) is 0 Å². The number of nitrogens with one attached hydrogen (secondary N) is 1. The lowest BCUT2D eigenvalue weighted by Crippen LogP contribution is -2.29. The first-order valence-electron chi connectivity index (χ1n) is 5.43. The molecule has 0 aromatic carbocycles. The zero-order valence-electron chi connectivity index (χ0n) is 9.53. The summed E-state index contributed by atoms with van der Waals surface area (Å²) in [7, 11) is 0. The van der Waals surface area contributed by atoms with E-state index in [1.165, 1.54) is 12.4 Å². The molecular formula is C11H16ClN3O. The molecule has 0 atom stereocenters. The fraction of sp³-hybridized carbons (Fsp3) is 0.545. The Hall–Kier alpha value is -1.16. The van der Waals surface area contributed by atoms with Crippen molar-refractivity contribution in [3.63, 3.8) is 0 Å². The lowest BCUT2D eigenvalue weighted by molar-refractivity contribution is 0.0941. The maximum absolute atomic E-state index is 11.7. The quantitative estimate of drug-likeness (QED) is 0.861. The number of aromatic nitrogens is 2. The summed E-state index contributed by atoms with van der Waals surface area (Å²) in [6, 6.07) is 0. The van der Waals surface area contributed by atoms with Crippen LogP contribution >= 0.6 is 11.6 Å². The highest BCUT2D eigenvalue weighted by molar-refractivity contribution is 6.29. The molecule has 4 nitrogen and oxygen atoms in total. The van der Waals surface area contributed by atoms with Crippen LogP contribution in [0.5, 0.6) is 0 Å². The minimum Gasteiger partial charge on any atom is -0.350 e. The molecule has 1 N–H and O–H groups in total. The van der Waals surface area contributed by atoms with E-state index in [1.54, 1.807) is 0 Å². The highest BCUT2D eigenvalue weighted by Crippen LogP contribution is 2.06. The molecule has 1 amide bonds. The van der Waals surface area contributed by atoms with Gasteiger partial charge in [-0.1, -0.05) is 38.3 Å². The molecule has 1 heterocycles. The highest BCUT2D eigenvalue weighted by Gasteiger charge is 2.10. The van der Waals surface area contributed by atoms with Gasteiger partial charge in [0, 0.05) is 6.54 Å². The molecule has 0 aliphatic carbocycles. The standard InChI is InChI=1S/C11H16ClN3O/c1-3-8(4-2)5-14-11(16)9-6-13-7-10(12)15-9/h6-8H,3-5H2,1-2H3,(H,14,16). The van der Waals surface area contributed by atoms with E-state index in [0.29, 0.717) is 12.5 Å². The Balaban J connectivity index is 2.52. The van der Waals surface area contributed by atoms with Crippen LogP contribution < -0.4 is 5.32 Å². The van der Waals surface area contributed by atoms with Gasteiger partial charge in [0.05, 0.1) is 12.4 Å². The van der Waals surface area contributed by atoms with Crippen molar-refractivity contribution in [1.82, 2.24) is 15.3 Å². The molecule has 0 aliphatic rings. The van der Waals surface area contributed by atoms with E-state index >= 15 is 0 Å². The summed E-state index contributed by atoms with van der Waals surface area (Å²) >= 11 is 5.65. The van der Waals surface area contributed by atoms with Crippen molar-refractivity contribution >= 4 is 17.5 Å². The molecular weight excluding hydrogens is 226 g/mol. The van der Waals surface area contributed by atoms with Gasteiger partial charge in [-0.2, -0.15) is 0 Å². The minimum absolute atomic E-state index is 0.220. The van der Waals surface area contributed by atoms with Crippen molar-refractivity contribution in [3.05, 3.63) is 23.2 Å². The number of carbonyl (C=O) groups excluding carboxylic acids is 1. The fourth-order valence-corrected chi connectivity index (χ4v) is 1.50. The van der Waals surface area contributed by atoms with Crippen LogP contribution in [0, 0.1) is 5.92 Å². The van der Waals surface area contributed by atoms with Crippen LogP contribution in [-0.4, -0.2) is 22.4 Å². The first-order valence-corrected chi connectivity index (χ1v) is 5.80. The summed E-state index contributed by atoms with van der Waals surface area (Å²) in [4.78, 5) is 19.4. The highest BCUT2D eigenvalue weighted by atomic mass is 35.5. The molecule has 1 rings (SSSR count). The van der Waals surface area contributed by atoms with Crippen molar-refractivity contribution in [2.24, 2.45) is 5.92 Å². The maximum Gasteiger partial charge on any atom is 0.271 e. The van der Waals surface area contributed by atoms with E-state index < -0.39 is 0 Å². The topological polar surface area (TPSA) is 54.9 Å². The smallest absolute Gasteiger partial charge is 0.271 e. The largest absolute Gasteiger partial charge is 0.350 e. The lowest BCUT2D eigenvalue weighted by atomic mass is 10.0. The van der Waals surface area contributed by atoms with Crippen LogP contribution in [0.2, 0.25) is 5.15 Å². The van der Waals surface area contributed by atoms with Gasteiger partial charge in [-0.05, 0) is 5.92 Å². The van der Waals surface area contributed by atoms with E-state index in [2.05, 4.69) is 29.1 Å². The molecule has 0 spiro atoms. The third-order valence-corrected chi connectivity index (χ3v) is 2.73. The lowest BCUT2D eigenvalue weighted by Gasteiger charge is -2.12.